The van der Waals surface area contributed by atoms with Crippen LogP contribution in [0.4, 0.5) is 10.1 Å². The number of aromatic nitrogens is 3. The second kappa shape index (κ2) is 5.44. The Labute approximate surface area is 143 Å². The first-order chi connectivity index (χ1) is 12.0. The van der Waals surface area contributed by atoms with Crippen molar-refractivity contribution < 1.29 is 9.50 Å². The lowest BCUT2D eigenvalue weighted by molar-refractivity contribution is 0.427. The lowest BCUT2D eigenvalue weighted by Crippen LogP contribution is -1.96. The van der Waals surface area contributed by atoms with Crippen LogP contribution in [0.5, 0.6) is 5.88 Å². The molecule has 3 N–H and O–H groups in total. The van der Waals surface area contributed by atoms with E-state index in [1.54, 1.807) is 29.2 Å². The van der Waals surface area contributed by atoms with Crippen LogP contribution in [-0.2, 0) is 6.54 Å². The Balaban J connectivity index is 2.18. The van der Waals surface area contributed by atoms with Crippen LogP contribution >= 0.6 is 0 Å². The minimum absolute atomic E-state index is 0.0767. The van der Waals surface area contributed by atoms with Crippen LogP contribution in [0.2, 0.25) is 0 Å². The molecule has 0 spiro atoms. The Kier molecular flexibility index (Phi) is 3.35. The first kappa shape index (κ1) is 15.4. The Hall–Kier alpha value is -3.15. The molecule has 5 nitrogen and oxygen atoms in total. The molecular formula is C19H17FN4O. The molecule has 6 heteroatoms. The quantitative estimate of drug-likeness (QED) is 0.580. The molecule has 0 unspecified atom stereocenters. The molecule has 0 amide bonds. The fourth-order valence-corrected chi connectivity index (χ4v) is 3.25. The first-order valence-electron chi connectivity index (χ1n) is 8.03. The summed E-state index contributed by atoms with van der Waals surface area (Å²) in [5.41, 5.74) is 9.66. The van der Waals surface area contributed by atoms with Gasteiger partial charge >= 0.3 is 0 Å². The van der Waals surface area contributed by atoms with Gasteiger partial charge in [0.2, 0.25) is 5.88 Å². The maximum Gasteiger partial charge on any atom is 0.202 e. The van der Waals surface area contributed by atoms with Gasteiger partial charge in [0.05, 0.1) is 22.1 Å². The molecule has 4 rings (SSSR count). The van der Waals surface area contributed by atoms with Crippen molar-refractivity contribution in [3.8, 4) is 17.0 Å². The molecule has 1 aromatic carbocycles. The van der Waals surface area contributed by atoms with Crippen LogP contribution in [-0.4, -0.2) is 19.6 Å². The maximum atomic E-state index is 14.7. The van der Waals surface area contributed by atoms with Gasteiger partial charge in [-0.15, -0.1) is 0 Å². The summed E-state index contributed by atoms with van der Waals surface area (Å²) >= 11 is 0. The third kappa shape index (κ3) is 2.14. The molecular weight excluding hydrogens is 319 g/mol. The summed E-state index contributed by atoms with van der Waals surface area (Å²) in [6.45, 7) is 4.40. The monoisotopic (exact) mass is 336 g/mol. The molecule has 4 aromatic rings. The number of aryl methyl sites for hydroxylation is 2. The van der Waals surface area contributed by atoms with Gasteiger partial charge in [0.15, 0.2) is 0 Å². The van der Waals surface area contributed by atoms with Crippen molar-refractivity contribution in [1.29, 1.82) is 0 Å². The third-order valence-corrected chi connectivity index (χ3v) is 4.60. The highest BCUT2D eigenvalue weighted by Crippen LogP contribution is 2.40. The zero-order valence-electron chi connectivity index (χ0n) is 13.9. The minimum atomic E-state index is -0.381. The van der Waals surface area contributed by atoms with E-state index >= 15 is 0 Å². The number of halogens is 1. The highest BCUT2D eigenvalue weighted by molar-refractivity contribution is 6.12. The van der Waals surface area contributed by atoms with E-state index in [2.05, 4.69) is 9.97 Å². The van der Waals surface area contributed by atoms with Gasteiger partial charge in [0.1, 0.15) is 5.82 Å². The van der Waals surface area contributed by atoms with Crippen LogP contribution in [0, 0.1) is 12.7 Å². The smallest absolute Gasteiger partial charge is 0.202 e. The molecule has 126 valence electrons. The normalized spacial score (nSPS) is 11.5. The summed E-state index contributed by atoms with van der Waals surface area (Å²) in [5, 5.41) is 11.5. The topological polar surface area (TPSA) is 77.0 Å². The zero-order chi connectivity index (χ0) is 17.7. The van der Waals surface area contributed by atoms with Crippen LogP contribution in [0.1, 0.15) is 12.5 Å². The van der Waals surface area contributed by atoms with E-state index in [9.17, 15) is 9.50 Å². The number of nitrogen functional groups attached to an aromatic ring is 1. The molecule has 0 radical (unpaired) electrons. The maximum absolute atomic E-state index is 14.7. The summed E-state index contributed by atoms with van der Waals surface area (Å²) in [5.74, 6) is -0.304. The van der Waals surface area contributed by atoms with Crippen molar-refractivity contribution in [2.24, 2.45) is 0 Å². The van der Waals surface area contributed by atoms with E-state index in [1.807, 2.05) is 19.9 Å². The van der Waals surface area contributed by atoms with Gasteiger partial charge in [-0.05, 0) is 37.6 Å². The predicted octanol–water partition coefficient (Wildman–Crippen LogP) is 4.01. The van der Waals surface area contributed by atoms with Crippen molar-refractivity contribution in [2.75, 3.05) is 5.73 Å². The van der Waals surface area contributed by atoms with Gasteiger partial charge in [0, 0.05) is 41.6 Å². The largest absolute Gasteiger partial charge is 0.494 e. The Morgan fingerprint density at radius 3 is 2.80 bits per heavy atom. The van der Waals surface area contributed by atoms with Crippen LogP contribution in [0.15, 0.2) is 36.8 Å². The molecule has 0 saturated heterocycles. The fraction of sp³-hybridized carbons (Fsp3) is 0.158. The number of pyridine rings is 2. The molecule has 3 heterocycles. The van der Waals surface area contributed by atoms with Gasteiger partial charge in [-0.2, -0.15) is 0 Å². The number of anilines is 1. The fourth-order valence-electron chi connectivity index (χ4n) is 3.25. The number of hydrogen-bond acceptors (Lipinski definition) is 4. The molecule has 0 bridgehead atoms. The first-order valence-corrected chi connectivity index (χ1v) is 8.03. The Morgan fingerprint density at radius 1 is 1.28 bits per heavy atom. The number of fused-ring (bicyclic) bond motifs is 2. The van der Waals surface area contributed by atoms with E-state index in [1.165, 1.54) is 6.07 Å². The lowest BCUT2D eigenvalue weighted by atomic mass is 9.98. The van der Waals surface area contributed by atoms with Crippen LogP contribution in [0.25, 0.3) is 32.9 Å². The molecule has 0 fully saturated rings. The summed E-state index contributed by atoms with van der Waals surface area (Å²) in [7, 11) is 0. The number of aromatic hydroxyl groups is 1. The summed E-state index contributed by atoms with van der Waals surface area (Å²) in [4.78, 5) is 8.73. The molecule has 3 aromatic heterocycles. The van der Waals surface area contributed by atoms with E-state index in [-0.39, 0.29) is 11.7 Å². The number of nitrogens with zero attached hydrogens (tertiary/aromatic N) is 3. The number of rotatable bonds is 2. The van der Waals surface area contributed by atoms with Gasteiger partial charge < -0.3 is 15.4 Å². The SMILES string of the molecule is CCn1cc2nc3c(-c4cnccc4C)c(F)ccc3c(N)c2c1O. The number of hydrogen-bond donors (Lipinski definition) is 2. The van der Waals surface area contributed by atoms with Gasteiger partial charge in [0.25, 0.3) is 0 Å². The van der Waals surface area contributed by atoms with E-state index in [4.69, 9.17) is 5.73 Å². The predicted molar refractivity (Wildman–Crippen MR) is 96.9 cm³/mol. The average Bonchev–Trinajstić information content (AvgIpc) is 2.92. The molecule has 0 atom stereocenters. The Bertz CT molecular complexity index is 1130. The summed E-state index contributed by atoms with van der Waals surface area (Å²) in [6.07, 6.45) is 5.02. The van der Waals surface area contributed by atoms with Crippen molar-refractivity contribution in [3.63, 3.8) is 0 Å². The van der Waals surface area contributed by atoms with Crippen molar-refractivity contribution in [1.82, 2.24) is 14.5 Å². The van der Waals surface area contributed by atoms with Crippen LogP contribution in [0.3, 0.4) is 0 Å². The van der Waals surface area contributed by atoms with Crippen molar-refractivity contribution in [2.45, 2.75) is 20.4 Å². The molecule has 0 aliphatic heterocycles. The summed E-state index contributed by atoms with van der Waals surface area (Å²) in [6, 6.07) is 4.81. The zero-order valence-corrected chi connectivity index (χ0v) is 13.9. The van der Waals surface area contributed by atoms with Crippen molar-refractivity contribution in [3.05, 3.63) is 48.2 Å². The lowest BCUT2D eigenvalue weighted by Gasteiger charge is -2.12. The average molecular weight is 336 g/mol. The van der Waals surface area contributed by atoms with E-state index in [0.717, 1.165) is 5.56 Å². The third-order valence-electron chi connectivity index (χ3n) is 4.60. The van der Waals surface area contributed by atoms with Crippen molar-refractivity contribution >= 4 is 27.5 Å². The molecule has 25 heavy (non-hydrogen) atoms. The van der Waals surface area contributed by atoms with E-state index < -0.39 is 0 Å². The van der Waals surface area contributed by atoms with Gasteiger partial charge in [-0.3, -0.25) is 4.98 Å². The highest BCUT2D eigenvalue weighted by Gasteiger charge is 2.20. The minimum Gasteiger partial charge on any atom is -0.494 e. The molecule has 0 aliphatic rings. The number of nitrogens with two attached hydrogens (primary N) is 1. The molecule has 0 saturated carbocycles. The number of benzene rings is 1. The summed E-state index contributed by atoms with van der Waals surface area (Å²) < 4.78 is 16.4. The second-order valence-corrected chi connectivity index (χ2v) is 6.03. The Morgan fingerprint density at radius 2 is 2.08 bits per heavy atom. The van der Waals surface area contributed by atoms with Gasteiger partial charge in [-0.1, -0.05) is 0 Å². The standard InChI is InChI=1S/C19H17FN4O/c1-3-24-9-14-16(19(24)25)17(21)11-4-5-13(20)15(18(11)23-14)12-8-22-7-6-10(12)2/h4-9,25H,3,21H2,1-2H3. The second-order valence-electron chi connectivity index (χ2n) is 6.03. The van der Waals surface area contributed by atoms with Gasteiger partial charge in [-0.25, -0.2) is 9.37 Å². The molecule has 0 aliphatic carbocycles. The van der Waals surface area contributed by atoms with E-state index in [0.29, 0.717) is 45.2 Å². The highest BCUT2D eigenvalue weighted by atomic mass is 19.1. The van der Waals surface area contributed by atoms with Crippen LogP contribution < -0.4 is 5.73 Å².